The van der Waals surface area contributed by atoms with Crippen LogP contribution < -0.4 is 5.32 Å². The van der Waals surface area contributed by atoms with E-state index in [-0.39, 0.29) is 5.91 Å². The average molecular weight is 371 g/mol. The van der Waals surface area contributed by atoms with Gasteiger partial charge in [-0.05, 0) is 11.6 Å². The number of anilines is 1. The van der Waals surface area contributed by atoms with Crippen molar-refractivity contribution in [2.24, 2.45) is 0 Å². The second kappa shape index (κ2) is 6.36. The summed E-state index contributed by atoms with van der Waals surface area (Å²) in [6.45, 7) is 0. The molecule has 0 aliphatic heterocycles. The molecule has 118 valence electrons. The van der Waals surface area contributed by atoms with Crippen LogP contribution in [0.5, 0.6) is 0 Å². The Morgan fingerprint density at radius 2 is 1.75 bits per heavy atom. The first-order valence-corrected chi connectivity index (χ1v) is 9.23. The van der Waals surface area contributed by atoms with Crippen LogP contribution in [-0.2, 0) is 0 Å². The Bertz CT molecular complexity index is 1020. The zero-order chi connectivity index (χ0) is 16.5. The molecule has 0 saturated heterocycles. The Labute approximate surface area is 151 Å². The summed E-state index contributed by atoms with van der Waals surface area (Å²) in [4.78, 5) is 18.3. The molecule has 0 spiro atoms. The molecule has 0 aliphatic carbocycles. The van der Waals surface area contributed by atoms with Crippen molar-refractivity contribution in [3.63, 3.8) is 0 Å². The lowest BCUT2D eigenvalue weighted by atomic mass is 10.2. The predicted octanol–water partition coefficient (Wildman–Crippen LogP) is 5.93. The molecule has 2 heterocycles. The van der Waals surface area contributed by atoms with Crippen molar-refractivity contribution in [1.29, 1.82) is 0 Å². The minimum absolute atomic E-state index is 0.227. The van der Waals surface area contributed by atoms with E-state index in [0.29, 0.717) is 15.0 Å². The summed E-state index contributed by atoms with van der Waals surface area (Å²) in [5, 5.41) is 4.80. The van der Waals surface area contributed by atoms with E-state index in [1.807, 2.05) is 54.6 Å². The molecular weight excluding hydrogens is 360 g/mol. The number of fused-ring (bicyclic) bond motifs is 1. The normalized spacial score (nSPS) is 10.9. The number of thiophene rings is 1. The van der Waals surface area contributed by atoms with Crippen LogP contribution in [0.25, 0.3) is 20.5 Å². The molecule has 0 unspecified atom stereocenters. The minimum atomic E-state index is -0.227. The van der Waals surface area contributed by atoms with Crippen molar-refractivity contribution < 1.29 is 4.79 Å². The first kappa shape index (κ1) is 15.3. The van der Waals surface area contributed by atoms with Crippen molar-refractivity contribution in [2.45, 2.75) is 0 Å². The molecule has 0 saturated carbocycles. The van der Waals surface area contributed by atoms with Gasteiger partial charge in [0.25, 0.3) is 5.91 Å². The van der Waals surface area contributed by atoms with Gasteiger partial charge < -0.3 is 0 Å². The molecule has 1 amide bonds. The van der Waals surface area contributed by atoms with E-state index in [2.05, 4.69) is 10.3 Å². The van der Waals surface area contributed by atoms with Crippen LogP contribution >= 0.6 is 34.3 Å². The molecular formula is C18H11ClN2OS2. The second-order valence-electron chi connectivity index (χ2n) is 5.09. The van der Waals surface area contributed by atoms with E-state index in [4.69, 9.17) is 11.6 Å². The van der Waals surface area contributed by atoms with Gasteiger partial charge in [-0.3, -0.25) is 10.1 Å². The second-order valence-corrected chi connectivity index (χ2v) is 7.55. The number of halogens is 1. The van der Waals surface area contributed by atoms with Gasteiger partial charge in [-0.15, -0.1) is 11.3 Å². The highest BCUT2D eigenvalue weighted by Gasteiger charge is 2.18. The molecule has 0 radical (unpaired) electrons. The van der Waals surface area contributed by atoms with Gasteiger partial charge in [0.15, 0.2) is 5.13 Å². The summed E-state index contributed by atoms with van der Waals surface area (Å²) >= 11 is 9.18. The number of thiazole rings is 1. The number of carbonyl (C=O) groups is 1. The number of aromatic nitrogens is 1. The van der Waals surface area contributed by atoms with Gasteiger partial charge in [0.2, 0.25) is 0 Å². The largest absolute Gasteiger partial charge is 0.297 e. The fourth-order valence-electron chi connectivity index (χ4n) is 2.38. The molecule has 4 aromatic rings. The van der Waals surface area contributed by atoms with Gasteiger partial charge in [-0.1, -0.05) is 71.5 Å². The zero-order valence-electron chi connectivity index (χ0n) is 12.3. The Hall–Kier alpha value is -2.21. The lowest BCUT2D eigenvalue weighted by molar-refractivity contribution is 0.103. The number of benzene rings is 2. The smallest absolute Gasteiger partial charge is 0.269 e. The fraction of sp³-hybridized carbons (Fsp3) is 0. The summed E-state index contributed by atoms with van der Waals surface area (Å²) < 4.78 is 0.997. The lowest BCUT2D eigenvalue weighted by Crippen LogP contribution is -2.10. The molecule has 3 nitrogen and oxygen atoms in total. The molecule has 0 aliphatic rings. The fourth-order valence-corrected chi connectivity index (χ4v) is 4.61. The number of nitrogens with one attached hydrogen (secondary N) is 1. The van der Waals surface area contributed by atoms with Gasteiger partial charge in [0.05, 0.1) is 9.90 Å². The van der Waals surface area contributed by atoms with Crippen molar-refractivity contribution >= 4 is 55.4 Å². The van der Waals surface area contributed by atoms with Gasteiger partial charge >= 0.3 is 0 Å². The van der Waals surface area contributed by atoms with E-state index in [0.717, 1.165) is 20.5 Å². The number of nitrogens with zero attached hydrogens (tertiary/aromatic N) is 1. The van der Waals surface area contributed by atoms with Gasteiger partial charge in [0.1, 0.15) is 4.88 Å². The van der Waals surface area contributed by atoms with Crippen molar-refractivity contribution in [2.75, 3.05) is 5.32 Å². The summed E-state index contributed by atoms with van der Waals surface area (Å²) in [7, 11) is 0. The van der Waals surface area contributed by atoms with Crippen molar-refractivity contribution in [1.82, 2.24) is 4.98 Å². The number of amides is 1. The van der Waals surface area contributed by atoms with Crippen molar-refractivity contribution in [3.05, 3.63) is 70.7 Å². The summed E-state index contributed by atoms with van der Waals surface area (Å²) in [5.74, 6) is -0.227. The van der Waals surface area contributed by atoms with Crippen LogP contribution in [-0.4, -0.2) is 10.9 Å². The Balaban J connectivity index is 1.60. The van der Waals surface area contributed by atoms with Crippen molar-refractivity contribution in [3.8, 4) is 10.4 Å². The third-order valence-corrected chi connectivity index (χ3v) is 6.16. The monoisotopic (exact) mass is 370 g/mol. The molecule has 4 rings (SSSR count). The highest BCUT2D eigenvalue weighted by atomic mass is 35.5. The molecule has 2 aromatic heterocycles. The third kappa shape index (κ3) is 2.82. The SMILES string of the molecule is O=C(Nc1ncc(-c2ccccc2)s1)c1sc2ccccc2c1Cl. The molecule has 0 atom stereocenters. The predicted molar refractivity (Wildman–Crippen MR) is 102 cm³/mol. The summed E-state index contributed by atoms with van der Waals surface area (Å²) in [5.41, 5.74) is 1.08. The van der Waals surface area contributed by atoms with Gasteiger partial charge in [-0.2, -0.15) is 0 Å². The standard InChI is InChI=1S/C18H11ClN2OS2/c19-15-12-8-4-5-9-13(12)23-16(15)17(22)21-18-20-10-14(24-18)11-6-2-1-3-7-11/h1-10H,(H,20,21,22). The Morgan fingerprint density at radius 3 is 2.54 bits per heavy atom. The zero-order valence-corrected chi connectivity index (χ0v) is 14.7. The maximum atomic E-state index is 12.5. The van der Waals surface area contributed by atoms with Crippen LogP contribution in [0.2, 0.25) is 5.02 Å². The van der Waals surface area contributed by atoms with Crippen LogP contribution in [0.3, 0.4) is 0 Å². The van der Waals surface area contributed by atoms with Gasteiger partial charge in [-0.25, -0.2) is 4.98 Å². The van der Waals surface area contributed by atoms with E-state index in [1.54, 1.807) is 6.20 Å². The highest BCUT2D eigenvalue weighted by Crippen LogP contribution is 2.36. The van der Waals surface area contributed by atoms with Gasteiger partial charge in [0, 0.05) is 16.3 Å². The van der Waals surface area contributed by atoms with E-state index >= 15 is 0 Å². The van der Waals surface area contributed by atoms with Crippen LogP contribution in [0.4, 0.5) is 5.13 Å². The number of carbonyl (C=O) groups excluding carboxylic acids is 1. The van der Waals surface area contributed by atoms with Crippen LogP contribution in [0, 0.1) is 0 Å². The number of hydrogen-bond acceptors (Lipinski definition) is 4. The van der Waals surface area contributed by atoms with E-state index < -0.39 is 0 Å². The van der Waals surface area contributed by atoms with Crippen LogP contribution in [0.15, 0.2) is 60.8 Å². The number of hydrogen-bond donors (Lipinski definition) is 1. The molecule has 0 bridgehead atoms. The molecule has 1 N–H and O–H groups in total. The minimum Gasteiger partial charge on any atom is -0.297 e. The Morgan fingerprint density at radius 1 is 1.00 bits per heavy atom. The van der Waals surface area contributed by atoms with Crippen LogP contribution in [0.1, 0.15) is 9.67 Å². The molecule has 6 heteroatoms. The maximum Gasteiger partial charge on any atom is 0.269 e. The summed E-state index contributed by atoms with van der Waals surface area (Å²) in [6, 6.07) is 17.7. The molecule has 0 fully saturated rings. The van der Waals surface area contributed by atoms with E-state index in [9.17, 15) is 4.79 Å². The van der Waals surface area contributed by atoms with E-state index in [1.165, 1.54) is 22.7 Å². The first-order chi connectivity index (χ1) is 11.7. The number of rotatable bonds is 3. The highest BCUT2D eigenvalue weighted by molar-refractivity contribution is 7.22. The molecule has 24 heavy (non-hydrogen) atoms. The average Bonchev–Trinajstić information content (AvgIpc) is 3.21. The third-order valence-electron chi connectivity index (χ3n) is 3.53. The molecule has 2 aromatic carbocycles. The Kier molecular flexibility index (Phi) is 4.06. The quantitative estimate of drug-likeness (QED) is 0.485. The maximum absolute atomic E-state index is 12.5. The first-order valence-electron chi connectivity index (χ1n) is 7.22. The topological polar surface area (TPSA) is 42.0 Å². The summed E-state index contributed by atoms with van der Waals surface area (Å²) in [6.07, 6.45) is 1.77. The lowest BCUT2D eigenvalue weighted by Gasteiger charge is -1.99.